The highest BCUT2D eigenvalue weighted by molar-refractivity contribution is 8.00. The highest BCUT2D eigenvalue weighted by atomic mass is 32.2. The fourth-order valence-corrected chi connectivity index (χ4v) is 14.0. The largest absolute Gasteiger partial charge is 0.445 e. The lowest BCUT2D eigenvalue weighted by Gasteiger charge is -2.41. The number of ether oxygens (including phenoxy) is 3. The minimum Gasteiger partial charge on any atom is -0.445 e. The molecule has 2 fully saturated rings. The van der Waals surface area contributed by atoms with E-state index in [0.717, 1.165) is 5.56 Å². The Bertz CT molecular complexity index is 2900. The number of hydrogen-bond acceptors (Lipinski definition) is 16. The van der Waals surface area contributed by atoms with E-state index < -0.39 is 72.2 Å². The van der Waals surface area contributed by atoms with Crippen molar-refractivity contribution >= 4 is 82.4 Å². The third-order valence-electron chi connectivity index (χ3n) is 19.3. The number of nitrogens with two attached hydrogens (primary N) is 1. The Morgan fingerprint density at radius 1 is 0.760 bits per heavy atom. The third-order valence-corrected chi connectivity index (χ3v) is 20.2. The van der Waals surface area contributed by atoms with Crippen molar-refractivity contribution in [3.05, 3.63) is 65.7 Å². The zero-order valence-corrected chi connectivity index (χ0v) is 60.4. The zero-order valence-electron chi connectivity index (χ0n) is 59.6. The van der Waals surface area contributed by atoms with Crippen molar-refractivity contribution in [1.82, 2.24) is 30.2 Å². The van der Waals surface area contributed by atoms with Gasteiger partial charge in [-0.3, -0.25) is 48.1 Å². The fourth-order valence-electron chi connectivity index (χ4n) is 13.4. The number of anilines is 1. The summed E-state index contributed by atoms with van der Waals surface area (Å²) in [5.41, 5.74) is 6.96. The molecular formula is C72H112N8O15S. The van der Waals surface area contributed by atoms with E-state index in [1.54, 1.807) is 68.3 Å². The molecule has 2 aromatic carbocycles. The van der Waals surface area contributed by atoms with Crippen LogP contribution in [0.2, 0.25) is 0 Å². The van der Waals surface area contributed by atoms with Crippen molar-refractivity contribution in [3.8, 4) is 0 Å². The molecule has 9 amide bonds. The van der Waals surface area contributed by atoms with Crippen LogP contribution in [0.25, 0.3) is 0 Å². The van der Waals surface area contributed by atoms with Gasteiger partial charge < -0.3 is 55.7 Å². The molecular weight excluding hydrogens is 1250 g/mol. The number of imide groups is 1. The summed E-state index contributed by atoms with van der Waals surface area (Å²) < 4.78 is 17.9. The molecule has 0 bridgehead atoms. The number of aliphatic hydroxyl groups excluding tert-OH is 1. The molecule has 2 aliphatic heterocycles. The van der Waals surface area contributed by atoms with Crippen molar-refractivity contribution in [2.75, 3.05) is 59.5 Å². The maximum atomic E-state index is 14.9. The molecule has 2 aromatic rings. The second-order valence-electron chi connectivity index (χ2n) is 27.4. The normalized spacial score (nSPS) is 18.4. The van der Waals surface area contributed by atoms with Gasteiger partial charge in [0.15, 0.2) is 11.6 Å². The molecule has 2 saturated heterocycles. The van der Waals surface area contributed by atoms with Gasteiger partial charge in [-0.05, 0) is 97.6 Å². The SMILES string of the molecule is CCC(C)C([C@@H](CC(=O)N1CCC[C@H]1[C@H](OC)[C@@H](C)C(=O)C[C@H](C)[C@@H](O)c1ccccc1)OC)N(C)C(=O)[C@@H](CC(=O)[C@H](C(C)C)N(C)C(=O)OCc1ccc(NC(=O)[C@H](CCCNC(N)=O)CC(=O)C(NC(=O)CCCCCN2C(=O)CC(SC)C2=O)C(C)C)cc1)C(C)C. The number of ketones is 3. The van der Waals surface area contributed by atoms with E-state index in [9.17, 15) is 57.8 Å². The van der Waals surface area contributed by atoms with Gasteiger partial charge in [-0.1, -0.05) is 125 Å². The van der Waals surface area contributed by atoms with Crippen LogP contribution in [0, 0.1) is 47.3 Å². The molecule has 0 spiro atoms. The highest BCUT2D eigenvalue weighted by Crippen LogP contribution is 2.34. The lowest BCUT2D eigenvalue weighted by Crippen LogP contribution is -2.54. The summed E-state index contributed by atoms with van der Waals surface area (Å²) in [5.74, 6) is -6.12. The van der Waals surface area contributed by atoms with Crippen LogP contribution in [0.15, 0.2) is 54.6 Å². The number of primary amides is 1. The maximum absolute atomic E-state index is 14.9. The summed E-state index contributed by atoms with van der Waals surface area (Å²) in [5, 5.41) is 18.9. The van der Waals surface area contributed by atoms with Crippen LogP contribution in [0.1, 0.15) is 176 Å². The van der Waals surface area contributed by atoms with Crippen LogP contribution >= 0.6 is 11.8 Å². The number of nitrogens with one attached hydrogen (secondary N) is 3. The Labute approximate surface area is 573 Å². The van der Waals surface area contributed by atoms with Crippen LogP contribution in [-0.2, 0) is 64.0 Å². The number of methoxy groups -OCH3 is 2. The molecule has 6 N–H and O–H groups in total. The minimum atomic E-state index is -0.966. The summed E-state index contributed by atoms with van der Waals surface area (Å²) in [4.78, 5) is 155. The fraction of sp³-hybridized carbons (Fsp3) is 0.681. The lowest BCUT2D eigenvalue weighted by molar-refractivity contribution is -0.149. The summed E-state index contributed by atoms with van der Waals surface area (Å²) in [6.07, 6.45) is 3.01. The first-order chi connectivity index (χ1) is 45.4. The van der Waals surface area contributed by atoms with Gasteiger partial charge in [0.25, 0.3) is 0 Å². The van der Waals surface area contributed by atoms with Gasteiger partial charge in [0.1, 0.15) is 12.4 Å². The molecule has 2 heterocycles. The maximum Gasteiger partial charge on any atom is 0.410 e. The number of urea groups is 1. The van der Waals surface area contributed by atoms with Crippen molar-refractivity contribution in [1.29, 1.82) is 0 Å². The van der Waals surface area contributed by atoms with Gasteiger partial charge >= 0.3 is 12.1 Å². The predicted molar refractivity (Wildman–Crippen MR) is 370 cm³/mol. The number of likely N-dealkylation sites (tertiary alicyclic amines) is 2. The van der Waals surface area contributed by atoms with E-state index in [-0.39, 0.29) is 146 Å². The van der Waals surface area contributed by atoms with Gasteiger partial charge in [0.05, 0.1) is 54.2 Å². The van der Waals surface area contributed by atoms with Crippen molar-refractivity contribution < 1.29 is 72.1 Å². The zero-order chi connectivity index (χ0) is 71.7. The van der Waals surface area contributed by atoms with Gasteiger partial charge in [-0.25, -0.2) is 9.59 Å². The summed E-state index contributed by atoms with van der Waals surface area (Å²) in [6, 6.07) is 12.2. The third kappa shape index (κ3) is 23.8. The second kappa shape index (κ2) is 40.2. The van der Waals surface area contributed by atoms with Crippen LogP contribution in [0.3, 0.4) is 0 Å². The number of carbonyl (C=O) groups excluding carboxylic acids is 11. The molecule has 536 valence electrons. The minimum absolute atomic E-state index is 0.0537. The van der Waals surface area contributed by atoms with E-state index in [1.165, 1.54) is 35.7 Å². The van der Waals surface area contributed by atoms with Crippen molar-refractivity contribution in [2.45, 2.75) is 213 Å². The quantitative estimate of drug-likeness (QED) is 0.0306. The van der Waals surface area contributed by atoms with E-state index in [1.807, 2.05) is 85.7 Å². The molecule has 4 rings (SSSR count). The Hall–Kier alpha value is -6.76. The molecule has 24 heteroatoms. The number of Topliss-reactive ketones (excluding diaryl/α,β-unsaturated/α-hetero) is 3. The molecule has 13 atom stereocenters. The summed E-state index contributed by atoms with van der Waals surface area (Å²) >= 11 is 1.35. The average Bonchev–Trinajstić information content (AvgIpc) is 1.42. The Morgan fingerprint density at radius 3 is 2.00 bits per heavy atom. The van der Waals surface area contributed by atoms with Gasteiger partial charge in [-0.2, -0.15) is 11.8 Å². The number of unbranched alkanes of at least 4 members (excludes halogenated alkanes) is 2. The molecule has 2 aliphatic rings. The first-order valence-corrected chi connectivity index (χ1v) is 35.6. The molecule has 96 heavy (non-hydrogen) atoms. The highest BCUT2D eigenvalue weighted by Gasteiger charge is 2.44. The number of likely N-dealkylation sites (N-methyl/N-ethyl adjacent to an activating group) is 2. The predicted octanol–water partition coefficient (Wildman–Crippen LogP) is 8.91. The van der Waals surface area contributed by atoms with E-state index in [4.69, 9.17) is 19.9 Å². The Balaban J connectivity index is 1.37. The van der Waals surface area contributed by atoms with E-state index in [0.29, 0.717) is 69.3 Å². The lowest BCUT2D eigenvalue weighted by atomic mass is 9.83. The van der Waals surface area contributed by atoms with Crippen LogP contribution in [-0.4, -0.2) is 185 Å². The number of carbonyl (C=O) groups is 11. The molecule has 4 unspecified atom stereocenters. The first-order valence-electron chi connectivity index (χ1n) is 34.3. The Morgan fingerprint density at radius 2 is 1.43 bits per heavy atom. The standard InChI is InChI=1S/C72H112N8O15S/c1-16-46(8)65(58(93-13)40-61(85)79-36-24-28-54(79)67(94-14)48(10)55(81)37-47(9)66(87)50-25-19-17-20-26-50)77(11)69(89)53(43(2)3)39-57(83)64(45(6)7)78(12)72(92)95-42-49-30-32-52(33-31-49)75-68(88)51(27-23-34-74-71(73)91)38-56(82)63(44(4)5)76-60(84)29-21-18-22-35-80-62(86)41-59(96-15)70(80)90/h17,19-20,25-26,30-33,43-48,51,53-54,58-59,63-67,87H,16,18,21-24,27-29,34-42H2,1-15H3,(H,75,88)(H,76,84)(H3,73,74,91)/t46?,47-,48-,51+,53-,54-,58+,59?,63?,64-,65?,66+,67+/m0/s1. The van der Waals surface area contributed by atoms with Gasteiger partial charge in [0.2, 0.25) is 35.4 Å². The van der Waals surface area contributed by atoms with Gasteiger partial charge in [0, 0.05) is 103 Å². The number of rotatable bonds is 42. The second-order valence-corrected chi connectivity index (χ2v) is 28.4. The molecule has 0 saturated carbocycles. The smallest absolute Gasteiger partial charge is 0.410 e. The number of benzene rings is 2. The number of hydrogen-bond donors (Lipinski definition) is 5. The van der Waals surface area contributed by atoms with Crippen LogP contribution in [0.5, 0.6) is 0 Å². The van der Waals surface area contributed by atoms with Crippen LogP contribution < -0.4 is 21.7 Å². The van der Waals surface area contributed by atoms with Crippen LogP contribution in [0.4, 0.5) is 15.3 Å². The van der Waals surface area contributed by atoms with E-state index >= 15 is 0 Å². The summed E-state index contributed by atoms with van der Waals surface area (Å²) in [6.45, 7) is 19.3. The summed E-state index contributed by atoms with van der Waals surface area (Å²) in [7, 11) is 6.24. The Kier molecular flexibility index (Phi) is 34.2. The number of aliphatic hydroxyl groups is 1. The van der Waals surface area contributed by atoms with Crippen molar-refractivity contribution in [2.24, 2.45) is 53.1 Å². The molecule has 0 aliphatic carbocycles. The number of thioether (sulfide) groups is 1. The molecule has 23 nitrogen and oxygen atoms in total. The number of amides is 9. The van der Waals surface area contributed by atoms with Gasteiger partial charge in [-0.15, -0.1) is 0 Å². The number of nitrogens with zero attached hydrogens (tertiary/aromatic N) is 4. The first kappa shape index (κ1) is 81.7. The monoisotopic (exact) mass is 1360 g/mol. The average molecular weight is 1360 g/mol. The molecule has 0 radical (unpaired) electrons. The topological polar surface area (TPSA) is 311 Å². The molecule has 0 aromatic heterocycles. The van der Waals surface area contributed by atoms with Crippen molar-refractivity contribution in [3.63, 3.8) is 0 Å². The van der Waals surface area contributed by atoms with E-state index in [2.05, 4.69) is 16.0 Å².